The maximum absolute atomic E-state index is 12.5. The van der Waals surface area contributed by atoms with Crippen molar-refractivity contribution in [2.24, 2.45) is 0 Å². The Hall–Kier alpha value is -2.23. The number of nitrogens with zero attached hydrogens (tertiary/aromatic N) is 1. The molecule has 0 aromatic heterocycles. The molecule has 0 aliphatic carbocycles. The number of halogens is 1. The first-order chi connectivity index (χ1) is 10.4. The summed E-state index contributed by atoms with van der Waals surface area (Å²) in [5.41, 5.74) is 1.51. The highest BCUT2D eigenvalue weighted by atomic mass is 35.5. The Morgan fingerprint density at radius 3 is 2.41 bits per heavy atom. The van der Waals surface area contributed by atoms with Gasteiger partial charge in [-0.05, 0) is 48.9 Å². The van der Waals surface area contributed by atoms with Crippen LogP contribution < -0.4 is 9.46 Å². The fraction of sp³-hybridized carbons (Fsp3) is 0.133. The maximum atomic E-state index is 12.5. The van der Waals surface area contributed by atoms with E-state index in [1.165, 1.54) is 37.4 Å². The van der Waals surface area contributed by atoms with Crippen LogP contribution in [0.5, 0.6) is 5.75 Å². The number of aryl methyl sites for hydroxylation is 1. The number of hydrogen-bond acceptors (Lipinski definition) is 4. The molecule has 0 fully saturated rings. The van der Waals surface area contributed by atoms with E-state index in [4.69, 9.17) is 21.6 Å². The highest BCUT2D eigenvalue weighted by molar-refractivity contribution is 7.92. The van der Waals surface area contributed by atoms with E-state index in [-0.39, 0.29) is 10.6 Å². The third-order valence-corrected chi connectivity index (χ3v) is 4.81. The lowest BCUT2D eigenvalue weighted by molar-refractivity contribution is 0.402. The van der Waals surface area contributed by atoms with Gasteiger partial charge in [-0.1, -0.05) is 11.6 Å². The van der Waals surface area contributed by atoms with Gasteiger partial charge in [0.05, 0.1) is 18.7 Å². The number of sulfonamides is 1. The summed E-state index contributed by atoms with van der Waals surface area (Å²) >= 11 is 6.01. The topological polar surface area (TPSA) is 79.2 Å². The largest absolute Gasteiger partial charge is 0.495 e. The smallest absolute Gasteiger partial charge is 0.265 e. The van der Waals surface area contributed by atoms with Crippen molar-refractivity contribution in [3.63, 3.8) is 0 Å². The molecule has 2 aromatic rings. The van der Waals surface area contributed by atoms with Crippen LogP contribution >= 0.6 is 11.6 Å². The molecule has 0 saturated carbocycles. The summed E-state index contributed by atoms with van der Waals surface area (Å²) in [6.45, 7) is 1.76. The van der Waals surface area contributed by atoms with Crippen molar-refractivity contribution >= 4 is 27.3 Å². The van der Waals surface area contributed by atoms with Gasteiger partial charge in [0.25, 0.3) is 10.0 Å². The van der Waals surface area contributed by atoms with Gasteiger partial charge in [0.2, 0.25) is 0 Å². The number of benzene rings is 2. The Balaban J connectivity index is 2.42. The average Bonchev–Trinajstić information content (AvgIpc) is 2.49. The summed E-state index contributed by atoms with van der Waals surface area (Å²) < 4.78 is 32.5. The van der Waals surface area contributed by atoms with Gasteiger partial charge in [0, 0.05) is 10.7 Å². The second-order valence-electron chi connectivity index (χ2n) is 4.55. The van der Waals surface area contributed by atoms with Crippen molar-refractivity contribution in [3.8, 4) is 11.8 Å². The van der Waals surface area contributed by atoms with Crippen molar-refractivity contribution in [2.45, 2.75) is 11.8 Å². The van der Waals surface area contributed by atoms with E-state index in [9.17, 15) is 8.42 Å². The summed E-state index contributed by atoms with van der Waals surface area (Å²) in [6.07, 6.45) is 0. The molecule has 1 N–H and O–H groups in total. The molecule has 0 radical (unpaired) electrons. The molecule has 0 amide bonds. The van der Waals surface area contributed by atoms with E-state index in [0.717, 1.165) is 5.56 Å². The van der Waals surface area contributed by atoms with Gasteiger partial charge in [0.1, 0.15) is 10.6 Å². The Bertz CT molecular complexity index is 840. The molecule has 0 saturated heterocycles. The highest BCUT2D eigenvalue weighted by Crippen LogP contribution is 2.31. The summed E-state index contributed by atoms with van der Waals surface area (Å²) in [6, 6.07) is 11.0. The monoisotopic (exact) mass is 336 g/mol. The van der Waals surface area contributed by atoms with Gasteiger partial charge in [-0.2, -0.15) is 5.26 Å². The fourth-order valence-corrected chi connectivity index (χ4v) is 3.29. The van der Waals surface area contributed by atoms with Crippen LogP contribution in [-0.4, -0.2) is 15.5 Å². The van der Waals surface area contributed by atoms with Crippen LogP contribution in [0.25, 0.3) is 0 Å². The van der Waals surface area contributed by atoms with Gasteiger partial charge >= 0.3 is 0 Å². The molecule has 0 aliphatic heterocycles. The quantitative estimate of drug-likeness (QED) is 0.928. The molecule has 2 aromatic carbocycles. The molecule has 0 spiro atoms. The van der Waals surface area contributed by atoms with Crippen LogP contribution in [0.4, 0.5) is 5.69 Å². The summed E-state index contributed by atoms with van der Waals surface area (Å²) in [5, 5.41) is 9.08. The van der Waals surface area contributed by atoms with Crippen LogP contribution in [0, 0.1) is 18.3 Å². The zero-order valence-electron chi connectivity index (χ0n) is 11.9. The van der Waals surface area contributed by atoms with Crippen LogP contribution in [0.15, 0.2) is 41.3 Å². The minimum Gasteiger partial charge on any atom is -0.495 e. The number of nitrogens with one attached hydrogen (secondary N) is 1. The lowest BCUT2D eigenvalue weighted by Gasteiger charge is -2.13. The van der Waals surface area contributed by atoms with Gasteiger partial charge in [-0.15, -0.1) is 0 Å². The molecule has 0 aliphatic rings. The number of hydrogen-bond donors (Lipinski definition) is 1. The van der Waals surface area contributed by atoms with Crippen molar-refractivity contribution in [2.75, 3.05) is 11.8 Å². The number of methoxy groups -OCH3 is 1. The minimum absolute atomic E-state index is 0.0463. The van der Waals surface area contributed by atoms with E-state index in [2.05, 4.69) is 4.72 Å². The van der Waals surface area contributed by atoms with Crippen molar-refractivity contribution in [3.05, 3.63) is 52.5 Å². The first kappa shape index (κ1) is 16.1. The third kappa shape index (κ3) is 3.32. The third-order valence-electron chi connectivity index (χ3n) is 3.00. The van der Waals surface area contributed by atoms with Crippen molar-refractivity contribution in [1.29, 1.82) is 5.26 Å². The van der Waals surface area contributed by atoms with E-state index >= 15 is 0 Å². The SMILES string of the molecule is COc1cc(C)c(Cl)cc1S(=O)(=O)Nc1ccc(C#N)cc1. The lowest BCUT2D eigenvalue weighted by atomic mass is 10.2. The molecule has 114 valence electrons. The standard InChI is InChI=1S/C15H13ClN2O3S/c1-10-7-14(21-2)15(8-13(10)16)22(19,20)18-12-5-3-11(9-17)4-6-12/h3-8,18H,1-2H3. The van der Waals surface area contributed by atoms with Gasteiger partial charge < -0.3 is 4.74 Å². The van der Waals surface area contributed by atoms with Crippen LogP contribution in [0.1, 0.15) is 11.1 Å². The fourth-order valence-electron chi connectivity index (χ4n) is 1.83. The predicted octanol–water partition coefficient (Wildman–Crippen LogP) is 3.33. The second kappa shape index (κ2) is 6.26. The molecule has 0 atom stereocenters. The highest BCUT2D eigenvalue weighted by Gasteiger charge is 2.21. The first-order valence-electron chi connectivity index (χ1n) is 6.24. The molecule has 0 unspecified atom stereocenters. The number of ether oxygens (including phenoxy) is 1. The van der Waals surface area contributed by atoms with Crippen molar-refractivity contribution < 1.29 is 13.2 Å². The zero-order valence-corrected chi connectivity index (χ0v) is 13.5. The molecular formula is C15H13ClN2O3S. The van der Waals surface area contributed by atoms with E-state index in [1.807, 2.05) is 6.07 Å². The summed E-state index contributed by atoms with van der Waals surface area (Å²) in [7, 11) is -2.47. The maximum Gasteiger partial charge on any atom is 0.265 e. The van der Waals surface area contributed by atoms with E-state index < -0.39 is 10.0 Å². The molecule has 2 rings (SSSR count). The molecule has 7 heteroatoms. The van der Waals surface area contributed by atoms with Crippen LogP contribution in [0.3, 0.4) is 0 Å². The molecule has 0 bridgehead atoms. The molecular weight excluding hydrogens is 324 g/mol. The average molecular weight is 337 g/mol. The van der Waals surface area contributed by atoms with Gasteiger partial charge in [-0.3, -0.25) is 4.72 Å². The van der Waals surface area contributed by atoms with E-state index in [1.54, 1.807) is 13.0 Å². The predicted molar refractivity (Wildman–Crippen MR) is 84.7 cm³/mol. The Kier molecular flexibility index (Phi) is 4.59. The summed E-state index contributed by atoms with van der Waals surface area (Å²) in [5.74, 6) is 0.211. The minimum atomic E-state index is -3.86. The van der Waals surface area contributed by atoms with Crippen LogP contribution in [0.2, 0.25) is 5.02 Å². The summed E-state index contributed by atoms with van der Waals surface area (Å²) in [4.78, 5) is -0.0463. The Morgan fingerprint density at radius 2 is 1.86 bits per heavy atom. The number of anilines is 1. The van der Waals surface area contributed by atoms with Crippen LogP contribution in [-0.2, 0) is 10.0 Å². The molecule has 5 nitrogen and oxygen atoms in total. The molecule has 0 heterocycles. The van der Waals surface area contributed by atoms with E-state index in [0.29, 0.717) is 16.3 Å². The van der Waals surface area contributed by atoms with Crippen molar-refractivity contribution in [1.82, 2.24) is 0 Å². The first-order valence-corrected chi connectivity index (χ1v) is 8.10. The molecule has 22 heavy (non-hydrogen) atoms. The van der Waals surface area contributed by atoms with Gasteiger partial charge in [-0.25, -0.2) is 8.42 Å². The normalized spacial score (nSPS) is 10.8. The lowest BCUT2D eigenvalue weighted by Crippen LogP contribution is -2.14. The zero-order chi connectivity index (χ0) is 16.3. The Labute approximate surface area is 134 Å². The second-order valence-corrected chi connectivity index (χ2v) is 6.60. The number of nitriles is 1. The Morgan fingerprint density at radius 1 is 1.23 bits per heavy atom. The van der Waals surface area contributed by atoms with Gasteiger partial charge in [0.15, 0.2) is 0 Å². The number of rotatable bonds is 4.